The molecule has 0 aromatic rings. The summed E-state index contributed by atoms with van der Waals surface area (Å²) in [7, 11) is 0. The highest BCUT2D eigenvalue weighted by atomic mass is 35.5. The number of likely N-dealkylation sites (tertiary alicyclic amines) is 1. The zero-order valence-corrected chi connectivity index (χ0v) is 11.4. The molecule has 2 aliphatic heterocycles. The number of aliphatic hydroxyl groups excluding tert-OH is 1. The van der Waals surface area contributed by atoms with E-state index in [1.165, 1.54) is 51.9 Å². The molecule has 0 radical (unpaired) electrons. The van der Waals surface area contributed by atoms with Crippen molar-refractivity contribution in [2.75, 3.05) is 32.8 Å². The first-order valence-corrected chi connectivity index (χ1v) is 5.96. The van der Waals surface area contributed by atoms with Crippen LogP contribution in [-0.4, -0.2) is 48.8 Å². The third kappa shape index (κ3) is 4.38. The van der Waals surface area contributed by atoms with Crippen molar-refractivity contribution >= 4 is 24.8 Å². The number of nitrogens with zero attached hydrogens (tertiary/aromatic N) is 1. The molecule has 0 aromatic heterocycles. The van der Waals surface area contributed by atoms with Gasteiger partial charge in [-0.1, -0.05) is 0 Å². The molecule has 2 heterocycles. The second-order valence-electron chi connectivity index (χ2n) is 4.66. The van der Waals surface area contributed by atoms with Gasteiger partial charge in [-0.25, -0.2) is 0 Å². The van der Waals surface area contributed by atoms with Gasteiger partial charge in [0.25, 0.3) is 0 Å². The summed E-state index contributed by atoms with van der Waals surface area (Å²) in [5, 5.41) is 12.5. The molecule has 5 heteroatoms. The number of aliphatic hydroxyl groups is 1. The van der Waals surface area contributed by atoms with Crippen LogP contribution in [0, 0.1) is 5.92 Å². The summed E-state index contributed by atoms with van der Waals surface area (Å²) in [4.78, 5) is 2.61. The molecule has 1 atom stereocenters. The second kappa shape index (κ2) is 8.54. The van der Waals surface area contributed by atoms with Crippen molar-refractivity contribution in [3.05, 3.63) is 0 Å². The molecule has 3 nitrogen and oxygen atoms in total. The highest BCUT2D eigenvalue weighted by Crippen LogP contribution is 2.20. The van der Waals surface area contributed by atoms with Crippen LogP contribution in [0.15, 0.2) is 0 Å². The fourth-order valence-electron chi connectivity index (χ4n) is 2.65. The Balaban J connectivity index is 0.00000112. The van der Waals surface area contributed by atoms with Crippen molar-refractivity contribution in [1.82, 2.24) is 10.2 Å². The first-order chi connectivity index (χ1) is 6.90. The molecule has 0 aromatic carbocycles. The average Bonchev–Trinajstić information content (AvgIpc) is 2.30. The van der Waals surface area contributed by atoms with Gasteiger partial charge in [0.2, 0.25) is 0 Å². The van der Waals surface area contributed by atoms with Crippen LogP contribution in [0.1, 0.15) is 25.7 Å². The summed E-state index contributed by atoms with van der Waals surface area (Å²) < 4.78 is 0. The number of halogens is 2. The lowest BCUT2D eigenvalue weighted by Crippen LogP contribution is -2.49. The molecule has 16 heavy (non-hydrogen) atoms. The van der Waals surface area contributed by atoms with Crippen LogP contribution < -0.4 is 5.32 Å². The van der Waals surface area contributed by atoms with Crippen LogP contribution in [0.2, 0.25) is 0 Å². The van der Waals surface area contributed by atoms with Crippen molar-refractivity contribution in [2.24, 2.45) is 5.92 Å². The number of nitrogens with one attached hydrogen (secondary N) is 1. The Hall–Kier alpha value is 0.460. The Morgan fingerprint density at radius 2 is 1.81 bits per heavy atom. The van der Waals surface area contributed by atoms with E-state index in [9.17, 15) is 0 Å². The summed E-state index contributed by atoms with van der Waals surface area (Å²) in [5.41, 5.74) is 0. The molecule has 2 N–H and O–H groups in total. The Labute approximate surface area is 111 Å². The van der Waals surface area contributed by atoms with Gasteiger partial charge in [-0.3, -0.25) is 4.90 Å². The van der Waals surface area contributed by atoms with E-state index in [-0.39, 0.29) is 24.8 Å². The van der Waals surface area contributed by atoms with Crippen molar-refractivity contribution < 1.29 is 5.11 Å². The maximum absolute atomic E-state index is 9.06. The van der Waals surface area contributed by atoms with E-state index >= 15 is 0 Å². The summed E-state index contributed by atoms with van der Waals surface area (Å²) in [6, 6.07) is 0.767. The Bertz CT molecular complexity index is 169. The maximum Gasteiger partial charge on any atom is 0.0460 e. The van der Waals surface area contributed by atoms with E-state index in [0.29, 0.717) is 12.5 Å². The SMILES string of the molecule is Cl.Cl.OCC1CCN(C2CCCNC2)CC1. The monoisotopic (exact) mass is 270 g/mol. The van der Waals surface area contributed by atoms with Gasteiger partial charge < -0.3 is 10.4 Å². The fourth-order valence-corrected chi connectivity index (χ4v) is 2.65. The van der Waals surface area contributed by atoms with Crippen LogP contribution in [0.3, 0.4) is 0 Å². The summed E-state index contributed by atoms with van der Waals surface area (Å²) in [6.45, 7) is 5.14. The number of piperidine rings is 2. The fraction of sp³-hybridized carbons (Fsp3) is 1.00. The van der Waals surface area contributed by atoms with Gasteiger partial charge >= 0.3 is 0 Å². The lowest BCUT2D eigenvalue weighted by molar-refractivity contribution is 0.0891. The standard InChI is InChI=1S/C11H22N2O.2ClH/c14-9-10-3-6-13(7-4-10)11-2-1-5-12-8-11;;/h10-12,14H,1-9H2;2*1H. The Morgan fingerprint density at radius 3 is 2.31 bits per heavy atom. The predicted molar refractivity (Wildman–Crippen MR) is 71.8 cm³/mol. The van der Waals surface area contributed by atoms with E-state index in [1.54, 1.807) is 0 Å². The van der Waals surface area contributed by atoms with Crippen molar-refractivity contribution in [3.8, 4) is 0 Å². The second-order valence-corrected chi connectivity index (χ2v) is 4.66. The zero-order chi connectivity index (χ0) is 9.80. The molecule has 1 unspecified atom stereocenters. The minimum Gasteiger partial charge on any atom is -0.396 e. The smallest absolute Gasteiger partial charge is 0.0460 e. The molecule has 98 valence electrons. The van der Waals surface area contributed by atoms with E-state index in [2.05, 4.69) is 10.2 Å². The third-order valence-corrected chi connectivity index (χ3v) is 3.69. The largest absolute Gasteiger partial charge is 0.396 e. The van der Waals surface area contributed by atoms with Gasteiger partial charge in [-0.15, -0.1) is 24.8 Å². The molecule has 2 rings (SSSR count). The molecular formula is C11H24Cl2N2O. The van der Waals surface area contributed by atoms with E-state index in [4.69, 9.17) is 5.11 Å². The van der Waals surface area contributed by atoms with Crippen molar-refractivity contribution in [1.29, 1.82) is 0 Å². The zero-order valence-electron chi connectivity index (χ0n) is 9.73. The van der Waals surface area contributed by atoms with Crippen molar-refractivity contribution in [3.63, 3.8) is 0 Å². The normalized spacial score (nSPS) is 27.9. The molecule has 0 aliphatic carbocycles. The van der Waals surface area contributed by atoms with Crippen LogP contribution >= 0.6 is 24.8 Å². The van der Waals surface area contributed by atoms with Gasteiger partial charge in [-0.05, 0) is 51.2 Å². The highest BCUT2D eigenvalue weighted by molar-refractivity contribution is 5.85. The molecule has 0 saturated carbocycles. The molecule has 2 saturated heterocycles. The average molecular weight is 271 g/mol. The number of rotatable bonds is 2. The van der Waals surface area contributed by atoms with Gasteiger partial charge in [0.1, 0.15) is 0 Å². The van der Waals surface area contributed by atoms with E-state index < -0.39 is 0 Å². The first-order valence-electron chi connectivity index (χ1n) is 5.96. The van der Waals surface area contributed by atoms with E-state index in [0.717, 1.165) is 6.04 Å². The maximum atomic E-state index is 9.06. The lowest BCUT2D eigenvalue weighted by atomic mass is 9.95. The molecule has 0 spiro atoms. The van der Waals surface area contributed by atoms with Gasteiger partial charge in [-0.2, -0.15) is 0 Å². The topological polar surface area (TPSA) is 35.5 Å². The highest BCUT2D eigenvalue weighted by Gasteiger charge is 2.25. The molecular weight excluding hydrogens is 247 g/mol. The van der Waals surface area contributed by atoms with Crippen LogP contribution in [-0.2, 0) is 0 Å². The quantitative estimate of drug-likeness (QED) is 0.794. The van der Waals surface area contributed by atoms with Gasteiger partial charge in [0.05, 0.1) is 0 Å². The molecule has 2 fully saturated rings. The molecule has 2 aliphatic rings. The van der Waals surface area contributed by atoms with Crippen molar-refractivity contribution in [2.45, 2.75) is 31.7 Å². The van der Waals surface area contributed by atoms with Crippen LogP contribution in [0.5, 0.6) is 0 Å². The lowest BCUT2D eigenvalue weighted by Gasteiger charge is -2.39. The first kappa shape index (κ1) is 16.5. The minimum atomic E-state index is 0. The number of hydrogen-bond donors (Lipinski definition) is 2. The third-order valence-electron chi connectivity index (χ3n) is 3.69. The summed E-state index contributed by atoms with van der Waals surface area (Å²) in [5.74, 6) is 0.572. The van der Waals surface area contributed by atoms with E-state index in [1.807, 2.05) is 0 Å². The Morgan fingerprint density at radius 1 is 1.12 bits per heavy atom. The number of hydrogen-bond acceptors (Lipinski definition) is 3. The Kier molecular flexibility index (Phi) is 8.78. The minimum absolute atomic E-state index is 0. The van der Waals surface area contributed by atoms with Gasteiger partial charge in [0, 0.05) is 19.2 Å². The molecule has 0 amide bonds. The van der Waals surface area contributed by atoms with Crippen LogP contribution in [0.25, 0.3) is 0 Å². The van der Waals surface area contributed by atoms with Gasteiger partial charge in [0.15, 0.2) is 0 Å². The molecule has 0 bridgehead atoms. The summed E-state index contributed by atoms with van der Waals surface area (Å²) >= 11 is 0. The summed E-state index contributed by atoms with van der Waals surface area (Å²) in [6.07, 6.45) is 5.06. The predicted octanol–water partition coefficient (Wildman–Crippen LogP) is 1.29. The van der Waals surface area contributed by atoms with Crippen LogP contribution in [0.4, 0.5) is 0 Å².